The maximum atomic E-state index is 11.7. The summed E-state index contributed by atoms with van der Waals surface area (Å²) in [5, 5.41) is 2.94. The number of ether oxygens (including phenoxy) is 1. The summed E-state index contributed by atoms with van der Waals surface area (Å²) < 4.78 is 4.76. The van der Waals surface area contributed by atoms with Gasteiger partial charge in [-0.1, -0.05) is 13.8 Å². The number of carbonyl (C=O) groups is 1. The van der Waals surface area contributed by atoms with Crippen LogP contribution in [0.5, 0.6) is 0 Å². The summed E-state index contributed by atoms with van der Waals surface area (Å²) in [5.74, 6) is 5.83. The normalized spacial score (nSPS) is 11.9. The van der Waals surface area contributed by atoms with E-state index in [0.29, 0.717) is 5.95 Å². The van der Waals surface area contributed by atoms with Crippen molar-refractivity contribution >= 4 is 23.8 Å². The number of esters is 1. The SMILES string of the molecule is COC(=O)C(Nc1nc(NN)nc(N(C)C)n1)C(C)C. The van der Waals surface area contributed by atoms with E-state index in [1.807, 2.05) is 13.8 Å². The van der Waals surface area contributed by atoms with E-state index in [2.05, 4.69) is 25.7 Å². The molecule has 112 valence electrons. The fourth-order valence-corrected chi connectivity index (χ4v) is 1.46. The highest BCUT2D eigenvalue weighted by Gasteiger charge is 2.24. The van der Waals surface area contributed by atoms with Crippen molar-refractivity contribution in [3.63, 3.8) is 0 Å². The van der Waals surface area contributed by atoms with Gasteiger partial charge in [-0.05, 0) is 5.92 Å². The summed E-state index contributed by atoms with van der Waals surface area (Å²) in [4.78, 5) is 25.8. The average Bonchev–Trinajstić information content (AvgIpc) is 2.43. The molecule has 0 radical (unpaired) electrons. The van der Waals surface area contributed by atoms with E-state index < -0.39 is 6.04 Å². The number of hydrogen-bond acceptors (Lipinski definition) is 9. The van der Waals surface area contributed by atoms with Crippen LogP contribution in [0.25, 0.3) is 0 Å². The van der Waals surface area contributed by atoms with Gasteiger partial charge in [0.05, 0.1) is 7.11 Å². The van der Waals surface area contributed by atoms with Gasteiger partial charge in [0.25, 0.3) is 0 Å². The fourth-order valence-electron chi connectivity index (χ4n) is 1.46. The Bertz CT molecular complexity index is 464. The molecule has 0 bridgehead atoms. The fraction of sp³-hybridized carbons (Fsp3) is 0.636. The zero-order chi connectivity index (χ0) is 15.3. The van der Waals surface area contributed by atoms with Crippen LogP contribution in [0.2, 0.25) is 0 Å². The molecule has 1 heterocycles. The molecular weight excluding hydrogens is 262 g/mol. The van der Waals surface area contributed by atoms with E-state index in [1.165, 1.54) is 7.11 Å². The topological polar surface area (TPSA) is 118 Å². The van der Waals surface area contributed by atoms with Crippen molar-refractivity contribution in [1.29, 1.82) is 0 Å². The Kier molecular flexibility index (Phi) is 5.44. The molecule has 0 aliphatic rings. The second-order valence-electron chi connectivity index (χ2n) is 4.71. The minimum atomic E-state index is -0.553. The van der Waals surface area contributed by atoms with E-state index in [-0.39, 0.29) is 23.8 Å². The summed E-state index contributed by atoms with van der Waals surface area (Å²) in [6.45, 7) is 3.79. The summed E-state index contributed by atoms with van der Waals surface area (Å²) >= 11 is 0. The third-order valence-corrected chi connectivity index (χ3v) is 2.56. The van der Waals surface area contributed by atoms with Crippen molar-refractivity contribution in [1.82, 2.24) is 15.0 Å². The van der Waals surface area contributed by atoms with Crippen LogP contribution in [0.15, 0.2) is 0 Å². The van der Waals surface area contributed by atoms with Crippen LogP contribution in [-0.2, 0) is 9.53 Å². The lowest BCUT2D eigenvalue weighted by Crippen LogP contribution is -2.36. The molecule has 20 heavy (non-hydrogen) atoms. The highest BCUT2D eigenvalue weighted by atomic mass is 16.5. The molecule has 0 saturated carbocycles. The second kappa shape index (κ2) is 6.85. The first kappa shape index (κ1) is 15.9. The van der Waals surface area contributed by atoms with Crippen LogP contribution in [0.3, 0.4) is 0 Å². The van der Waals surface area contributed by atoms with Crippen LogP contribution < -0.4 is 21.5 Å². The number of rotatable bonds is 6. The van der Waals surface area contributed by atoms with Crippen molar-refractivity contribution < 1.29 is 9.53 Å². The molecule has 0 saturated heterocycles. The van der Waals surface area contributed by atoms with Crippen molar-refractivity contribution in [2.24, 2.45) is 11.8 Å². The highest BCUT2D eigenvalue weighted by Crippen LogP contribution is 2.14. The zero-order valence-electron chi connectivity index (χ0n) is 12.3. The molecule has 1 unspecified atom stereocenters. The molecule has 0 aliphatic heterocycles. The van der Waals surface area contributed by atoms with Crippen molar-refractivity contribution in [3.8, 4) is 0 Å². The van der Waals surface area contributed by atoms with E-state index in [0.717, 1.165) is 0 Å². The number of nitrogen functional groups attached to an aromatic ring is 1. The molecule has 0 fully saturated rings. The lowest BCUT2D eigenvalue weighted by molar-refractivity contribution is -0.142. The number of nitrogens with zero attached hydrogens (tertiary/aromatic N) is 4. The van der Waals surface area contributed by atoms with E-state index >= 15 is 0 Å². The third-order valence-electron chi connectivity index (χ3n) is 2.56. The first-order valence-corrected chi connectivity index (χ1v) is 6.13. The number of nitrogens with two attached hydrogens (primary N) is 1. The largest absolute Gasteiger partial charge is 0.467 e. The summed E-state index contributed by atoms with van der Waals surface area (Å²) in [6, 6.07) is -0.553. The second-order valence-corrected chi connectivity index (χ2v) is 4.71. The maximum absolute atomic E-state index is 11.7. The number of hydrogen-bond donors (Lipinski definition) is 3. The summed E-state index contributed by atoms with van der Waals surface area (Å²) in [7, 11) is 4.92. The number of hydrazine groups is 1. The van der Waals surface area contributed by atoms with Gasteiger partial charge >= 0.3 is 5.97 Å². The molecule has 0 spiro atoms. The molecule has 4 N–H and O–H groups in total. The Morgan fingerprint density at radius 2 is 1.85 bits per heavy atom. The lowest BCUT2D eigenvalue weighted by atomic mass is 10.1. The Balaban J connectivity index is 3.05. The average molecular weight is 283 g/mol. The van der Waals surface area contributed by atoms with Gasteiger partial charge < -0.3 is 15.0 Å². The number of methoxy groups -OCH3 is 1. The molecule has 9 nitrogen and oxygen atoms in total. The number of anilines is 3. The molecule has 9 heteroatoms. The molecule has 1 atom stereocenters. The molecule has 1 aromatic rings. The quantitative estimate of drug-likeness (QED) is 0.371. The highest BCUT2D eigenvalue weighted by molar-refractivity contribution is 5.78. The maximum Gasteiger partial charge on any atom is 0.328 e. The molecular formula is C11H21N7O2. The predicted molar refractivity (Wildman–Crippen MR) is 76.2 cm³/mol. The van der Waals surface area contributed by atoms with Gasteiger partial charge in [-0.2, -0.15) is 15.0 Å². The van der Waals surface area contributed by atoms with Crippen molar-refractivity contribution in [3.05, 3.63) is 0 Å². The van der Waals surface area contributed by atoms with Gasteiger partial charge in [0.1, 0.15) is 6.04 Å². The Hall–Kier alpha value is -2.16. The zero-order valence-corrected chi connectivity index (χ0v) is 12.3. The summed E-state index contributed by atoms with van der Waals surface area (Å²) in [5.41, 5.74) is 2.36. The van der Waals surface area contributed by atoms with Gasteiger partial charge in [0, 0.05) is 14.1 Å². The van der Waals surface area contributed by atoms with E-state index in [4.69, 9.17) is 10.6 Å². The lowest BCUT2D eigenvalue weighted by Gasteiger charge is -2.20. The first-order chi connectivity index (χ1) is 9.38. The Labute approximate surface area is 117 Å². The summed E-state index contributed by atoms with van der Waals surface area (Å²) in [6.07, 6.45) is 0. The molecule has 0 aliphatic carbocycles. The third kappa shape index (κ3) is 3.92. The number of nitrogens with one attached hydrogen (secondary N) is 2. The number of carbonyl (C=O) groups excluding carboxylic acids is 1. The monoisotopic (exact) mass is 283 g/mol. The molecule has 1 rings (SSSR count). The Morgan fingerprint density at radius 1 is 1.25 bits per heavy atom. The van der Waals surface area contributed by atoms with Crippen molar-refractivity contribution in [2.75, 3.05) is 36.8 Å². The molecule has 0 amide bonds. The van der Waals surface area contributed by atoms with Crippen LogP contribution in [0.4, 0.5) is 17.8 Å². The van der Waals surface area contributed by atoms with Gasteiger partial charge in [0.2, 0.25) is 17.8 Å². The van der Waals surface area contributed by atoms with Gasteiger partial charge in [-0.15, -0.1) is 0 Å². The van der Waals surface area contributed by atoms with Crippen LogP contribution in [0, 0.1) is 5.92 Å². The van der Waals surface area contributed by atoms with E-state index in [1.54, 1.807) is 19.0 Å². The van der Waals surface area contributed by atoms with Crippen LogP contribution in [0.1, 0.15) is 13.8 Å². The van der Waals surface area contributed by atoms with Crippen molar-refractivity contribution in [2.45, 2.75) is 19.9 Å². The molecule has 1 aromatic heterocycles. The van der Waals surface area contributed by atoms with E-state index in [9.17, 15) is 4.79 Å². The first-order valence-electron chi connectivity index (χ1n) is 6.13. The predicted octanol–water partition coefficient (Wildman–Crippen LogP) is -0.167. The van der Waals surface area contributed by atoms with Crippen LogP contribution >= 0.6 is 0 Å². The molecule has 0 aromatic carbocycles. The van der Waals surface area contributed by atoms with Gasteiger partial charge in [-0.25, -0.2) is 10.6 Å². The van der Waals surface area contributed by atoms with Gasteiger partial charge in [0.15, 0.2) is 0 Å². The Morgan fingerprint density at radius 3 is 2.30 bits per heavy atom. The minimum Gasteiger partial charge on any atom is -0.467 e. The smallest absolute Gasteiger partial charge is 0.328 e. The number of aromatic nitrogens is 3. The van der Waals surface area contributed by atoms with Gasteiger partial charge in [-0.3, -0.25) is 5.43 Å². The van der Waals surface area contributed by atoms with Crippen LogP contribution in [-0.4, -0.2) is 48.2 Å². The minimum absolute atomic E-state index is 0.0105. The standard InChI is InChI=1S/C11H21N7O2/c1-6(2)7(8(19)20-5)13-9-14-10(17-12)16-11(15-9)18(3)4/h6-7H,12H2,1-5H3,(H2,13,14,15,16,17).